The highest BCUT2D eigenvalue weighted by atomic mass is 16.5. The van der Waals surface area contributed by atoms with E-state index in [4.69, 9.17) is 4.74 Å². The maximum absolute atomic E-state index is 10.9. The molecule has 1 aromatic heterocycles. The second-order valence-corrected chi connectivity index (χ2v) is 3.22. The van der Waals surface area contributed by atoms with Crippen molar-refractivity contribution < 1.29 is 9.53 Å². The summed E-state index contributed by atoms with van der Waals surface area (Å²) in [6.07, 6.45) is 0.833. The normalized spacial score (nSPS) is 10.5. The zero-order chi connectivity index (χ0) is 10.8. The fourth-order valence-electron chi connectivity index (χ4n) is 1.63. The van der Waals surface area contributed by atoms with E-state index in [0.717, 1.165) is 17.3 Å². The quantitative estimate of drug-likeness (QED) is 0.716. The lowest BCUT2D eigenvalue weighted by Gasteiger charge is -2.02. The number of para-hydroxylation sites is 1. The number of aromatic nitrogens is 2. The number of carbonyl (C=O) groups is 1. The molecule has 0 unspecified atom stereocenters. The van der Waals surface area contributed by atoms with E-state index in [-0.39, 0.29) is 0 Å². The fourth-order valence-corrected chi connectivity index (χ4v) is 1.63. The summed E-state index contributed by atoms with van der Waals surface area (Å²) >= 11 is 0. The largest absolute Gasteiger partial charge is 0.465 e. The summed E-state index contributed by atoms with van der Waals surface area (Å²) in [6, 6.07) is 5.99. The molecule has 2 rings (SSSR count). The SMILES string of the molecule is CCOc1nc2cccc(C=O)c2n1C. The van der Waals surface area contributed by atoms with E-state index < -0.39 is 0 Å². The molecule has 1 aromatic carbocycles. The molecule has 0 fully saturated rings. The van der Waals surface area contributed by atoms with Gasteiger partial charge >= 0.3 is 0 Å². The van der Waals surface area contributed by atoms with E-state index in [1.807, 2.05) is 26.1 Å². The summed E-state index contributed by atoms with van der Waals surface area (Å²) < 4.78 is 7.15. The molecule has 0 atom stereocenters. The van der Waals surface area contributed by atoms with Gasteiger partial charge in [0.05, 0.1) is 17.6 Å². The van der Waals surface area contributed by atoms with Crippen LogP contribution < -0.4 is 4.74 Å². The van der Waals surface area contributed by atoms with Crippen molar-refractivity contribution in [3.05, 3.63) is 23.8 Å². The molecular formula is C11H12N2O2. The third-order valence-corrected chi connectivity index (χ3v) is 2.28. The molecule has 4 nitrogen and oxygen atoms in total. The number of ether oxygens (including phenoxy) is 1. The molecule has 0 aliphatic heterocycles. The number of aldehydes is 1. The fraction of sp³-hybridized carbons (Fsp3) is 0.273. The van der Waals surface area contributed by atoms with E-state index in [0.29, 0.717) is 18.2 Å². The molecule has 0 saturated heterocycles. The highest BCUT2D eigenvalue weighted by Crippen LogP contribution is 2.22. The first kappa shape index (κ1) is 9.71. The molecule has 0 spiro atoms. The van der Waals surface area contributed by atoms with Crippen LogP contribution in [-0.4, -0.2) is 22.4 Å². The van der Waals surface area contributed by atoms with Crippen LogP contribution in [0.25, 0.3) is 11.0 Å². The van der Waals surface area contributed by atoms with Gasteiger partial charge in [-0.05, 0) is 19.1 Å². The lowest BCUT2D eigenvalue weighted by atomic mass is 10.2. The molecular weight excluding hydrogens is 192 g/mol. The van der Waals surface area contributed by atoms with Gasteiger partial charge in [0.2, 0.25) is 0 Å². The lowest BCUT2D eigenvalue weighted by molar-refractivity contribution is 0.112. The minimum atomic E-state index is 0.543. The van der Waals surface area contributed by atoms with E-state index in [2.05, 4.69) is 4.98 Å². The van der Waals surface area contributed by atoms with Crippen LogP contribution >= 0.6 is 0 Å². The van der Waals surface area contributed by atoms with Crippen LogP contribution in [0.5, 0.6) is 6.01 Å². The van der Waals surface area contributed by atoms with Crippen molar-refractivity contribution in [3.8, 4) is 6.01 Å². The standard InChI is InChI=1S/C11H12N2O2/c1-3-15-11-12-9-6-4-5-8(7-14)10(9)13(11)2/h4-7H,3H2,1-2H3. The van der Waals surface area contributed by atoms with Crippen molar-refractivity contribution in [2.75, 3.05) is 6.61 Å². The van der Waals surface area contributed by atoms with Crippen LogP contribution in [0.1, 0.15) is 17.3 Å². The van der Waals surface area contributed by atoms with E-state index >= 15 is 0 Å². The number of benzene rings is 1. The number of rotatable bonds is 3. The smallest absolute Gasteiger partial charge is 0.297 e. The molecule has 78 valence electrons. The van der Waals surface area contributed by atoms with Crippen LogP contribution in [0, 0.1) is 0 Å². The maximum Gasteiger partial charge on any atom is 0.297 e. The molecule has 0 N–H and O–H groups in total. The van der Waals surface area contributed by atoms with Gasteiger partial charge in [0, 0.05) is 12.6 Å². The van der Waals surface area contributed by atoms with Crippen LogP contribution in [0.4, 0.5) is 0 Å². The molecule has 0 bridgehead atoms. The molecule has 15 heavy (non-hydrogen) atoms. The van der Waals surface area contributed by atoms with Crippen molar-refractivity contribution in [1.82, 2.24) is 9.55 Å². The first-order chi connectivity index (χ1) is 7.27. The Hall–Kier alpha value is -1.84. The Balaban J connectivity index is 2.70. The summed E-state index contributed by atoms with van der Waals surface area (Å²) in [5, 5.41) is 0. The third-order valence-electron chi connectivity index (χ3n) is 2.28. The number of carbonyl (C=O) groups excluding carboxylic acids is 1. The van der Waals surface area contributed by atoms with Gasteiger partial charge in [-0.3, -0.25) is 9.36 Å². The summed E-state index contributed by atoms with van der Waals surface area (Å²) in [6.45, 7) is 2.47. The minimum absolute atomic E-state index is 0.543. The number of hydrogen-bond acceptors (Lipinski definition) is 3. The van der Waals surface area contributed by atoms with Crippen molar-refractivity contribution >= 4 is 17.3 Å². The molecule has 0 radical (unpaired) electrons. The van der Waals surface area contributed by atoms with Gasteiger partial charge in [0.1, 0.15) is 0 Å². The Morgan fingerprint density at radius 2 is 2.33 bits per heavy atom. The first-order valence-electron chi connectivity index (χ1n) is 4.81. The molecule has 0 saturated carbocycles. The average molecular weight is 204 g/mol. The second-order valence-electron chi connectivity index (χ2n) is 3.22. The topological polar surface area (TPSA) is 44.1 Å². The Bertz CT molecular complexity index is 503. The van der Waals surface area contributed by atoms with E-state index in [9.17, 15) is 4.79 Å². The molecule has 0 amide bonds. The minimum Gasteiger partial charge on any atom is -0.465 e. The van der Waals surface area contributed by atoms with Gasteiger partial charge in [-0.25, -0.2) is 0 Å². The van der Waals surface area contributed by atoms with E-state index in [1.165, 1.54) is 0 Å². The Morgan fingerprint density at radius 3 is 3.00 bits per heavy atom. The predicted octanol–water partition coefficient (Wildman–Crippen LogP) is 1.78. The molecule has 0 aliphatic rings. The number of hydrogen-bond donors (Lipinski definition) is 0. The van der Waals surface area contributed by atoms with Gasteiger partial charge in [-0.15, -0.1) is 0 Å². The predicted molar refractivity (Wildman–Crippen MR) is 57.3 cm³/mol. The van der Waals surface area contributed by atoms with Crippen LogP contribution in [-0.2, 0) is 7.05 Å². The van der Waals surface area contributed by atoms with Gasteiger partial charge in [0.25, 0.3) is 6.01 Å². The van der Waals surface area contributed by atoms with Crippen LogP contribution in [0.2, 0.25) is 0 Å². The molecule has 0 aliphatic carbocycles. The van der Waals surface area contributed by atoms with Gasteiger partial charge < -0.3 is 4.74 Å². The van der Waals surface area contributed by atoms with Crippen molar-refractivity contribution in [2.24, 2.45) is 7.05 Å². The maximum atomic E-state index is 10.9. The number of aryl methyl sites for hydroxylation is 1. The monoisotopic (exact) mass is 204 g/mol. The average Bonchev–Trinajstić information content (AvgIpc) is 2.57. The summed E-state index contributed by atoms with van der Waals surface area (Å²) in [4.78, 5) is 15.2. The Morgan fingerprint density at radius 1 is 1.53 bits per heavy atom. The van der Waals surface area contributed by atoms with Gasteiger partial charge in [0.15, 0.2) is 6.29 Å². The summed E-state index contributed by atoms with van der Waals surface area (Å²) in [5.74, 6) is 0. The van der Waals surface area contributed by atoms with Crippen LogP contribution in [0.15, 0.2) is 18.2 Å². The number of imidazole rings is 1. The molecule has 4 heteroatoms. The number of nitrogens with zero attached hydrogens (tertiary/aromatic N) is 2. The number of fused-ring (bicyclic) bond motifs is 1. The zero-order valence-corrected chi connectivity index (χ0v) is 8.73. The Labute approximate surface area is 87.5 Å². The highest BCUT2D eigenvalue weighted by molar-refractivity contribution is 5.94. The molecule has 1 heterocycles. The molecule has 2 aromatic rings. The van der Waals surface area contributed by atoms with Crippen molar-refractivity contribution in [1.29, 1.82) is 0 Å². The first-order valence-corrected chi connectivity index (χ1v) is 4.81. The highest BCUT2D eigenvalue weighted by Gasteiger charge is 2.10. The van der Waals surface area contributed by atoms with Crippen LogP contribution in [0.3, 0.4) is 0 Å². The zero-order valence-electron chi connectivity index (χ0n) is 8.73. The van der Waals surface area contributed by atoms with Gasteiger partial charge in [-0.1, -0.05) is 6.07 Å². The second kappa shape index (κ2) is 3.73. The lowest BCUT2D eigenvalue weighted by Crippen LogP contribution is -1.99. The van der Waals surface area contributed by atoms with E-state index in [1.54, 1.807) is 10.6 Å². The van der Waals surface area contributed by atoms with Crippen molar-refractivity contribution in [3.63, 3.8) is 0 Å². The van der Waals surface area contributed by atoms with Crippen molar-refractivity contribution in [2.45, 2.75) is 6.92 Å². The Kier molecular flexibility index (Phi) is 2.41. The summed E-state index contributed by atoms with van der Waals surface area (Å²) in [7, 11) is 1.84. The third kappa shape index (κ3) is 1.48. The summed E-state index contributed by atoms with van der Waals surface area (Å²) in [5.41, 5.74) is 2.23. The van der Waals surface area contributed by atoms with Gasteiger partial charge in [-0.2, -0.15) is 4.98 Å².